The Kier molecular flexibility index (Phi) is 2.61. The molecule has 2 heteroatoms. The van der Waals surface area contributed by atoms with Gasteiger partial charge in [0.2, 0.25) is 5.69 Å². The monoisotopic (exact) mass is 204 g/mol. The fourth-order valence-electron chi connectivity index (χ4n) is 2.22. The second kappa shape index (κ2) is 3.78. The van der Waals surface area contributed by atoms with E-state index in [1.807, 2.05) is 0 Å². The third kappa shape index (κ3) is 1.82. The van der Waals surface area contributed by atoms with Gasteiger partial charge in [0.25, 0.3) is 0 Å². The van der Waals surface area contributed by atoms with Gasteiger partial charge < -0.3 is 5.11 Å². The Morgan fingerprint density at radius 3 is 2.73 bits per heavy atom. The van der Waals surface area contributed by atoms with Gasteiger partial charge in [-0.3, -0.25) is 0 Å². The van der Waals surface area contributed by atoms with E-state index >= 15 is 0 Å². The van der Waals surface area contributed by atoms with Gasteiger partial charge in [-0.15, -0.1) is 0 Å². The van der Waals surface area contributed by atoms with Crippen LogP contribution in [0.15, 0.2) is 24.3 Å². The van der Waals surface area contributed by atoms with E-state index in [9.17, 15) is 0 Å². The van der Waals surface area contributed by atoms with Crippen LogP contribution in [0.4, 0.5) is 5.69 Å². The fraction of sp³-hybridized carbons (Fsp3) is 0.462. The van der Waals surface area contributed by atoms with Crippen molar-refractivity contribution in [2.24, 2.45) is 0 Å². The molecular formula is C13H18NO+. The quantitative estimate of drug-likeness (QED) is 0.748. The van der Waals surface area contributed by atoms with Crippen LogP contribution >= 0.6 is 0 Å². The predicted molar refractivity (Wildman–Crippen MR) is 62.0 cm³/mol. The Morgan fingerprint density at radius 2 is 2.00 bits per heavy atom. The highest BCUT2D eigenvalue weighted by Gasteiger charge is 2.36. The third-order valence-electron chi connectivity index (χ3n) is 2.94. The van der Waals surface area contributed by atoms with Crippen LogP contribution in [0.1, 0.15) is 25.8 Å². The van der Waals surface area contributed by atoms with Gasteiger partial charge in [-0.05, 0) is 13.8 Å². The minimum atomic E-state index is 0.117. The number of para-hydroxylation sites is 1. The van der Waals surface area contributed by atoms with E-state index < -0.39 is 0 Å². The zero-order valence-electron chi connectivity index (χ0n) is 9.40. The Labute approximate surface area is 90.9 Å². The van der Waals surface area contributed by atoms with Gasteiger partial charge in [0.15, 0.2) is 12.8 Å². The molecule has 1 aromatic carbocycles. The summed E-state index contributed by atoms with van der Waals surface area (Å²) in [6.07, 6.45) is 3.08. The zero-order chi connectivity index (χ0) is 10.9. The molecule has 1 N–H and O–H groups in total. The van der Waals surface area contributed by atoms with Crippen LogP contribution in [-0.2, 0) is 5.41 Å². The van der Waals surface area contributed by atoms with Gasteiger partial charge in [0.1, 0.15) is 0 Å². The minimum absolute atomic E-state index is 0.117. The molecule has 0 aromatic heterocycles. The van der Waals surface area contributed by atoms with Crippen LogP contribution in [0.3, 0.4) is 0 Å². The Morgan fingerprint density at radius 1 is 1.27 bits per heavy atom. The average molecular weight is 204 g/mol. The van der Waals surface area contributed by atoms with Crippen LogP contribution in [0.5, 0.6) is 0 Å². The summed E-state index contributed by atoms with van der Waals surface area (Å²) in [5.74, 6) is 0. The van der Waals surface area contributed by atoms with E-state index in [0.29, 0.717) is 0 Å². The van der Waals surface area contributed by atoms with E-state index in [4.69, 9.17) is 5.11 Å². The maximum Gasteiger partial charge on any atom is 0.209 e. The topological polar surface area (TPSA) is 23.2 Å². The number of aliphatic hydroxyl groups excluding tert-OH is 1. The molecule has 0 radical (unpaired) electrons. The van der Waals surface area contributed by atoms with Crippen LogP contribution in [-0.4, -0.2) is 29.0 Å². The largest absolute Gasteiger partial charge is 0.396 e. The molecule has 0 fully saturated rings. The Bertz CT molecular complexity index is 393. The molecular weight excluding hydrogens is 186 g/mol. The fourth-order valence-corrected chi connectivity index (χ4v) is 2.22. The Balaban J connectivity index is 2.35. The maximum absolute atomic E-state index is 8.86. The molecule has 1 aliphatic rings. The first-order valence-corrected chi connectivity index (χ1v) is 5.48. The van der Waals surface area contributed by atoms with Crippen molar-refractivity contribution in [2.75, 3.05) is 13.2 Å². The molecule has 80 valence electrons. The van der Waals surface area contributed by atoms with Crippen molar-refractivity contribution >= 4 is 11.9 Å². The molecule has 0 saturated heterocycles. The SMILES string of the molecule is CC1(C)C=[N+](CCCO)c2ccccc21. The number of hydrogen-bond donors (Lipinski definition) is 1. The van der Waals surface area contributed by atoms with Crippen molar-refractivity contribution < 1.29 is 9.68 Å². The molecule has 15 heavy (non-hydrogen) atoms. The first-order valence-electron chi connectivity index (χ1n) is 5.48. The maximum atomic E-state index is 8.86. The average Bonchev–Trinajstić information content (AvgIpc) is 2.49. The van der Waals surface area contributed by atoms with Crippen LogP contribution in [0.2, 0.25) is 0 Å². The molecule has 1 aromatic rings. The third-order valence-corrected chi connectivity index (χ3v) is 2.94. The van der Waals surface area contributed by atoms with Gasteiger partial charge in [-0.1, -0.05) is 18.2 Å². The number of nitrogens with zero attached hydrogens (tertiary/aromatic N) is 1. The summed E-state index contributed by atoms with van der Waals surface area (Å²) in [6, 6.07) is 8.49. The highest BCUT2D eigenvalue weighted by Crippen LogP contribution is 2.35. The van der Waals surface area contributed by atoms with Crippen molar-refractivity contribution in [3.8, 4) is 0 Å². The van der Waals surface area contributed by atoms with Gasteiger partial charge in [0, 0.05) is 24.7 Å². The summed E-state index contributed by atoms with van der Waals surface area (Å²) in [4.78, 5) is 0. The van der Waals surface area contributed by atoms with E-state index in [1.54, 1.807) is 0 Å². The summed E-state index contributed by atoms with van der Waals surface area (Å²) in [6.45, 7) is 5.61. The van der Waals surface area contributed by atoms with Gasteiger partial charge in [-0.2, -0.15) is 0 Å². The minimum Gasteiger partial charge on any atom is -0.396 e. The molecule has 1 heterocycles. The molecule has 1 aliphatic heterocycles. The number of fused-ring (bicyclic) bond motifs is 1. The predicted octanol–water partition coefficient (Wildman–Crippen LogP) is 2.07. The van der Waals surface area contributed by atoms with Crippen LogP contribution in [0, 0.1) is 0 Å². The number of benzene rings is 1. The van der Waals surface area contributed by atoms with Crippen LogP contribution in [0.25, 0.3) is 0 Å². The highest BCUT2D eigenvalue weighted by atomic mass is 16.3. The van der Waals surface area contributed by atoms with Gasteiger partial charge in [-0.25, -0.2) is 4.58 Å². The van der Waals surface area contributed by atoms with E-state index in [2.05, 4.69) is 48.9 Å². The molecule has 0 bridgehead atoms. The molecule has 0 atom stereocenters. The van der Waals surface area contributed by atoms with Crippen molar-refractivity contribution in [3.63, 3.8) is 0 Å². The lowest BCUT2D eigenvalue weighted by Crippen LogP contribution is -2.17. The van der Waals surface area contributed by atoms with Crippen molar-refractivity contribution in [1.29, 1.82) is 0 Å². The zero-order valence-corrected chi connectivity index (χ0v) is 9.40. The summed E-state index contributed by atoms with van der Waals surface area (Å²) >= 11 is 0. The standard InChI is InChI=1S/C13H18NO/c1-13(2)10-14(8-5-9-15)12-7-4-3-6-11(12)13/h3-4,6-7,10,15H,5,8-9H2,1-2H3/q+1. The summed E-state index contributed by atoms with van der Waals surface area (Å²) < 4.78 is 2.26. The lowest BCUT2D eigenvalue weighted by molar-refractivity contribution is -0.434. The van der Waals surface area contributed by atoms with E-state index in [-0.39, 0.29) is 12.0 Å². The van der Waals surface area contributed by atoms with Gasteiger partial charge in [0.05, 0.1) is 5.41 Å². The Hall–Kier alpha value is -1.15. The lowest BCUT2D eigenvalue weighted by atomic mass is 9.87. The summed E-state index contributed by atoms with van der Waals surface area (Å²) in [7, 11) is 0. The van der Waals surface area contributed by atoms with Crippen molar-refractivity contribution in [3.05, 3.63) is 29.8 Å². The second-order valence-electron chi connectivity index (χ2n) is 4.64. The highest BCUT2D eigenvalue weighted by molar-refractivity contribution is 5.76. The smallest absolute Gasteiger partial charge is 0.209 e. The molecule has 0 unspecified atom stereocenters. The molecule has 2 nitrogen and oxygen atoms in total. The number of hydrogen-bond acceptors (Lipinski definition) is 1. The molecule has 0 aliphatic carbocycles. The molecule has 0 spiro atoms. The normalized spacial score (nSPS) is 17.4. The number of rotatable bonds is 3. The van der Waals surface area contributed by atoms with Crippen molar-refractivity contribution in [2.45, 2.75) is 25.7 Å². The van der Waals surface area contributed by atoms with E-state index in [1.165, 1.54) is 11.3 Å². The second-order valence-corrected chi connectivity index (χ2v) is 4.64. The van der Waals surface area contributed by atoms with Gasteiger partial charge >= 0.3 is 0 Å². The first kappa shape index (κ1) is 10.4. The lowest BCUT2D eigenvalue weighted by Gasteiger charge is -2.09. The molecule has 0 amide bonds. The van der Waals surface area contributed by atoms with Crippen LogP contribution < -0.4 is 0 Å². The molecule has 2 rings (SSSR count). The summed E-state index contributed by atoms with van der Waals surface area (Å²) in [5.41, 5.74) is 2.78. The summed E-state index contributed by atoms with van der Waals surface area (Å²) in [5, 5.41) is 8.86. The first-order chi connectivity index (χ1) is 7.15. The number of aliphatic hydroxyl groups is 1. The molecule has 0 saturated carbocycles. The van der Waals surface area contributed by atoms with E-state index in [0.717, 1.165) is 13.0 Å². The van der Waals surface area contributed by atoms with Crippen molar-refractivity contribution in [1.82, 2.24) is 0 Å².